The maximum absolute atomic E-state index is 12.9. The number of halogens is 2. The van der Waals surface area contributed by atoms with Crippen molar-refractivity contribution in [2.24, 2.45) is 0 Å². The Morgan fingerprint density at radius 3 is 2.96 bits per heavy atom. The minimum atomic E-state index is -0.467. The van der Waals surface area contributed by atoms with Gasteiger partial charge in [-0.15, -0.1) is 11.3 Å². The number of hydrogen-bond acceptors (Lipinski definition) is 5. The number of furan rings is 1. The molecule has 3 aromatic rings. The van der Waals surface area contributed by atoms with E-state index in [0.29, 0.717) is 11.5 Å². The fraction of sp³-hybridized carbons (Fsp3) is 0.176. The Kier molecular flexibility index (Phi) is 5.35. The van der Waals surface area contributed by atoms with E-state index in [-0.39, 0.29) is 29.8 Å². The number of aryl methyl sites for hydroxylation is 1. The third kappa shape index (κ3) is 4.58. The van der Waals surface area contributed by atoms with Crippen LogP contribution >= 0.6 is 22.9 Å². The Morgan fingerprint density at radius 1 is 1.40 bits per heavy atom. The zero-order chi connectivity index (χ0) is 17.8. The molecular weight excluding hydrogens is 367 g/mol. The molecule has 5 nitrogen and oxygen atoms in total. The van der Waals surface area contributed by atoms with Crippen LogP contribution in [-0.4, -0.2) is 17.5 Å². The van der Waals surface area contributed by atoms with Crippen LogP contribution < -0.4 is 10.1 Å². The zero-order valence-electron chi connectivity index (χ0n) is 13.2. The lowest BCUT2D eigenvalue weighted by Gasteiger charge is -2.08. The molecule has 0 bridgehead atoms. The van der Waals surface area contributed by atoms with Crippen molar-refractivity contribution in [3.8, 4) is 17.2 Å². The van der Waals surface area contributed by atoms with E-state index in [1.54, 1.807) is 17.4 Å². The van der Waals surface area contributed by atoms with Crippen molar-refractivity contribution >= 4 is 28.8 Å². The number of aromatic nitrogens is 1. The first-order valence-corrected chi connectivity index (χ1v) is 8.63. The minimum Gasteiger partial charge on any atom is -0.482 e. The molecular formula is C17H14ClFN2O3S. The molecule has 3 rings (SSSR count). The highest BCUT2D eigenvalue weighted by molar-refractivity contribution is 7.09. The summed E-state index contributed by atoms with van der Waals surface area (Å²) in [6.45, 7) is 1.91. The maximum Gasteiger partial charge on any atom is 0.258 e. The SMILES string of the molecule is Cc1nc(-c2ccc(CNC(=O)COc3ccc(F)cc3Cl)o2)cs1. The summed E-state index contributed by atoms with van der Waals surface area (Å²) in [7, 11) is 0. The van der Waals surface area contributed by atoms with Gasteiger partial charge in [-0.1, -0.05) is 11.6 Å². The predicted molar refractivity (Wildman–Crippen MR) is 93.3 cm³/mol. The lowest BCUT2D eigenvalue weighted by molar-refractivity contribution is -0.123. The van der Waals surface area contributed by atoms with Gasteiger partial charge in [0, 0.05) is 5.38 Å². The monoisotopic (exact) mass is 380 g/mol. The third-order valence-corrected chi connectivity index (χ3v) is 4.31. The van der Waals surface area contributed by atoms with E-state index in [9.17, 15) is 9.18 Å². The van der Waals surface area contributed by atoms with Gasteiger partial charge in [-0.05, 0) is 37.3 Å². The second-order valence-corrected chi connectivity index (χ2v) is 6.63. The average Bonchev–Trinajstić information content (AvgIpc) is 3.21. The van der Waals surface area contributed by atoms with Crippen LogP contribution in [-0.2, 0) is 11.3 Å². The van der Waals surface area contributed by atoms with Gasteiger partial charge in [0.1, 0.15) is 23.0 Å². The number of rotatable bonds is 6. The molecule has 0 spiro atoms. The highest BCUT2D eigenvalue weighted by Crippen LogP contribution is 2.25. The second-order valence-electron chi connectivity index (χ2n) is 5.16. The summed E-state index contributed by atoms with van der Waals surface area (Å²) in [5.74, 6) is 0.697. The fourth-order valence-corrected chi connectivity index (χ4v) is 2.88. The molecule has 2 heterocycles. The van der Waals surface area contributed by atoms with E-state index in [4.69, 9.17) is 20.8 Å². The number of nitrogens with zero attached hydrogens (tertiary/aromatic N) is 1. The van der Waals surface area contributed by atoms with Gasteiger partial charge < -0.3 is 14.5 Å². The van der Waals surface area contributed by atoms with Crippen LogP contribution in [0.5, 0.6) is 5.75 Å². The average molecular weight is 381 g/mol. The Balaban J connectivity index is 1.50. The number of hydrogen-bond donors (Lipinski definition) is 1. The molecule has 0 radical (unpaired) electrons. The highest BCUT2D eigenvalue weighted by atomic mass is 35.5. The molecule has 0 aliphatic carbocycles. The van der Waals surface area contributed by atoms with E-state index in [0.717, 1.165) is 16.8 Å². The first-order chi connectivity index (χ1) is 12.0. The zero-order valence-corrected chi connectivity index (χ0v) is 14.8. The molecule has 0 unspecified atom stereocenters. The summed E-state index contributed by atoms with van der Waals surface area (Å²) in [6, 6.07) is 7.30. The van der Waals surface area contributed by atoms with Crippen molar-refractivity contribution in [1.82, 2.24) is 10.3 Å². The summed E-state index contributed by atoms with van der Waals surface area (Å²) in [4.78, 5) is 16.2. The molecule has 0 aliphatic rings. The standard InChI is InChI=1S/C17H14ClFN2O3S/c1-10-21-14(9-25-10)16-5-3-12(24-16)7-20-17(22)8-23-15-4-2-11(19)6-13(15)18/h2-6,9H,7-8H2,1H3,(H,20,22). The predicted octanol–water partition coefficient (Wildman–Crippen LogP) is 4.20. The maximum atomic E-state index is 12.9. The molecule has 0 saturated carbocycles. The van der Waals surface area contributed by atoms with Gasteiger partial charge >= 0.3 is 0 Å². The first-order valence-electron chi connectivity index (χ1n) is 7.37. The van der Waals surface area contributed by atoms with Crippen molar-refractivity contribution < 1.29 is 18.3 Å². The number of thiazole rings is 1. The third-order valence-electron chi connectivity index (χ3n) is 3.25. The molecule has 25 heavy (non-hydrogen) atoms. The van der Waals surface area contributed by atoms with Gasteiger partial charge in [0.15, 0.2) is 12.4 Å². The molecule has 1 N–H and O–H groups in total. The molecule has 1 amide bonds. The van der Waals surface area contributed by atoms with Crippen LogP contribution in [0.1, 0.15) is 10.8 Å². The number of amides is 1. The van der Waals surface area contributed by atoms with Gasteiger partial charge in [-0.3, -0.25) is 4.79 Å². The van der Waals surface area contributed by atoms with Gasteiger partial charge in [0.05, 0.1) is 16.6 Å². The summed E-state index contributed by atoms with van der Waals surface area (Å²) in [6.07, 6.45) is 0. The van der Waals surface area contributed by atoms with Crippen molar-refractivity contribution in [1.29, 1.82) is 0 Å². The van der Waals surface area contributed by atoms with Crippen LogP contribution in [0.2, 0.25) is 5.02 Å². The van der Waals surface area contributed by atoms with Gasteiger partial charge in [-0.25, -0.2) is 9.37 Å². The summed E-state index contributed by atoms with van der Waals surface area (Å²) in [5.41, 5.74) is 0.773. The summed E-state index contributed by atoms with van der Waals surface area (Å²) < 4.78 is 23.9. The Morgan fingerprint density at radius 2 is 2.24 bits per heavy atom. The van der Waals surface area contributed by atoms with Crippen LogP contribution in [0.25, 0.3) is 11.5 Å². The summed E-state index contributed by atoms with van der Waals surface area (Å²) in [5, 5.41) is 5.66. The van der Waals surface area contributed by atoms with Crippen LogP contribution in [0.4, 0.5) is 4.39 Å². The Bertz CT molecular complexity index is 894. The molecule has 0 fully saturated rings. The quantitative estimate of drug-likeness (QED) is 0.696. The normalized spacial score (nSPS) is 10.7. The van der Waals surface area contributed by atoms with Gasteiger partial charge in [0.25, 0.3) is 5.91 Å². The second kappa shape index (κ2) is 7.67. The molecule has 2 aromatic heterocycles. The smallest absolute Gasteiger partial charge is 0.258 e. The molecule has 8 heteroatoms. The van der Waals surface area contributed by atoms with E-state index in [1.165, 1.54) is 12.1 Å². The first kappa shape index (κ1) is 17.4. The van der Waals surface area contributed by atoms with Crippen LogP contribution in [0, 0.1) is 12.7 Å². The van der Waals surface area contributed by atoms with Crippen LogP contribution in [0.15, 0.2) is 40.1 Å². The van der Waals surface area contributed by atoms with Gasteiger partial charge in [-0.2, -0.15) is 0 Å². The van der Waals surface area contributed by atoms with E-state index in [1.807, 2.05) is 18.4 Å². The summed E-state index contributed by atoms with van der Waals surface area (Å²) >= 11 is 7.37. The lowest BCUT2D eigenvalue weighted by atomic mass is 10.3. The van der Waals surface area contributed by atoms with Gasteiger partial charge in [0.2, 0.25) is 0 Å². The number of ether oxygens (including phenoxy) is 1. The largest absolute Gasteiger partial charge is 0.482 e. The number of carbonyl (C=O) groups is 1. The van der Waals surface area contributed by atoms with E-state index >= 15 is 0 Å². The van der Waals surface area contributed by atoms with Crippen molar-refractivity contribution in [2.45, 2.75) is 13.5 Å². The van der Waals surface area contributed by atoms with Crippen molar-refractivity contribution in [2.75, 3.05) is 6.61 Å². The topological polar surface area (TPSA) is 64.4 Å². The molecule has 0 atom stereocenters. The lowest BCUT2D eigenvalue weighted by Crippen LogP contribution is -2.28. The molecule has 0 saturated heterocycles. The Hall–Kier alpha value is -2.38. The highest BCUT2D eigenvalue weighted by Gasteiger charge is 2.10. The molecule has 1 aromatic carbocycles. The Labute approximate surface area is 152 Å². The van der Waals surface area contributed by atoms with E-state index < -0.39 is 5.82 Å². The fourth-order valence-electron chi connectivity index (χ4n) is 2.06. The van der Waals surface area contributed by atoms with Crippen LogP contribution in [0.3, 0.4) is 0 Å². The number of benzene rings is 1. The number of carbonyl (C=O) groups excluding carboxylic acids is 1. The number of nitrogens with one attached hydrogen (secondary N) is 1. The molecule has 130 valence electrons. The van der Waals surface area contributed by atoms with Crippen molar-refractivity contribution in [3.05, 3.63) is 57.3 Å². The molecule has 0 aliphatic heterocycles. The van der Waals surface area contributed by atoms with Crippen molar-refractivity contribution in [3.63, 3.8) is 0 Å². The minimum absolute atomic E-state index is 0.113. The van der Waals surface area contributed by atoms with E-state index in [2.05, 4.69) is 10.3 Å².